The topological polar surface area (TPSA) is 153 Å². The minimum absolute atomic E-state index is 0.0889. The van der Waals surface area contributed by atoms with Gasteiger partial charge in [-0.25, -0.2) is 10.1 Å². The zero-order chi connectivity index (χ0) is 11.7. The van der Waals surface area contributed by atoms with Crippen LogP contribution in [0.5, 0.6) is 0 Å². The number of nitrogens with zero attached hydrogens (tertiary/aromatic N) is 7. The van der Waals surface area contributed by atoms with Crippen molar-refractivity contribution in [1.29, 1.82) is 0 Å². The normalized spacial score (nSPS) is 12.9. The third-order valence-corrected chi connectivity index (χ3v) is 1.65. The average molecular weight is 214 g/mol. The molecule has 15 heavy (non-hydrogen) atoms. The number of hydrogen-bond acceptors (Lipinski definition) is 4. The molecule has 0 aliphatic rings. The molecule has 0 aromatic rings. The van der Waals surface area contributed by atoms with Crippen molar-refractivity contribution >= 4 is 0 Å². The van der Waals surface area contributed by atoms with Gasteiger partial charge in [0.05, 0.1) is 6.04 Å². The van der Waals surface area contributed by atoms with Gasteiger partial charge in [0.1, 0.15) is 6.17 Å². The lowest BCUT2D eigenvalue weighted by Crippen LogP contribution is -2.35. The van der Waals surface area contributed by atoms with E-state index >= 15 is 0 Å². The minimum Gasteiger partial charge on any atom is -0.235 e. The summed E-state index contributed by atoms with van der Waals surface area (Å²) in [5.41, 5.74) is 18.3. The first kappa shape index (κ1) is 12.8. The predicted molar refractivity (Wildman–Crippen MR) is 50.9 cm³/mol. The molecular weight excluding hydrogens is 204 g/mol. The van der Waals surface area contributed by atoms with Crippen LogP contribution in [0.15, 0.2) is 10.2 Å². The number of nitrogens with one attached hydrogen (secondary N) is 1. The fourth-order valence-corrected chi connectivity index (χ4v) is 0.951. The summed E-state index contributed by atoms with van der Waals surface area (Å²) in [6.07, 6.45) is -0.400. The smallest absolute Gasteiger partial charge is 0.157 e. The largest absolute Gasteiger partial charge is 0.235 e. The van der Waals surface area contributed by atoms with Crippen molar-refractivity contribution in [3.05, 3.63) is 31.0 Å². The first-order valence-electron chi connectivity index (χ1n) is 4.13. The molecule has 0 saturated heterocycles. The van der Waals surface area contributed by atoms with Crippen LogP contribution in [0.2, 0.25) is 0 Å². The summed E-state index contributed by atoms with van der Waals surface area (Å²) in [6, 6.07) is -0.499. The van der Waals surface area contributed by atoms with Gasteiger partial charge in [-0.1, -0.05) is 17.2 Å². The van der Waals surface area contributed by atoms with E-state index in [1.807, 2.05) is 5.43 Å². The van der Waals surface area contributed by atoms with Crippen LogP contribution in [0.3, 0.4) is 0 Å². The summed E-state index contributed by atoms with van der Waals surface area (Å²) < 4.78 is 0. The van der Waals surface area contributed by atoms with Gasteiger partial charge in [0.15, 0.2) is 5.03 Å². The van der Waals surface area contributed by atoms with E-state index in [0.29, 0.717) is 6.42 Å². The molecule has 0 aliphatic heterocycles. The van der Waals surface area contributed by atoms with Crippen LogP contribution < -0.4 is 5.43 Å². The lowest BCUT2D eigenvalue weighted by atomic mass is 10.1. The van der Waals surface area contributed by atoms with Gasteiger partial charge >= 0.3 is 0 Å². The monoisotopic (exact) mass is 214 g/mol. The second-order valence-electron chi connectivity index (χ2n) is 2.62. The van der Waals surface area contributed by atoms with Gasteiger partial charge in [-0.15, -0.1) is 5.43 Å². The summed E-state index contributed by atoms with van der Waals surface area (Å²) >= 11 is 0. The molecule has 0 heterocycles. The third kappa shape index (κ3) is 5.97. The molecule has 82 valence electrons. The highest BCUT2D eigenvalue weighted by molar-refractivity contribution is 4.72. The molecule has 10 heteroatoms. The lowest BCUT2D eigenvalue weighted by molar-refractivity contribution is -0.551. The summed E-state index contributed by atoms with van der Waals surface area (Å²) in [5.74, 6) is 0. The Bertz CT molecular complexity index is 286. The summed E-state index contributed by atoms with van der Waals surface area (Å²) in [4.78, 5) is 15.1. The predicted octanol–water partition coefficient (Wildman–Crippen LogP) is 1.88. The van der Waals surface area contributed by atoms with Crippen LogP contribution in [0, 0.1) is 10.1 Å². The van der Waals surface area contributed by atoms with Gasteiger partial charge in [0, 0.05) is 9.82 Å². The van der Waals surface area contributed by atoms with Crippen LogP contribution in [-0.4, -0.2) is 17.2 Å². The zero-order valence-corrected chi connectivity index (χ0v) is 8.02. The Morgan fingerprint density at radius 2 is 2.00 bits per heavy atom. The van der Waals surface area contributed by atoms with Crippen molar-refractivity contribution in [3.8, 4) is 0 Å². The Labute approximate surface area is 84.6 Å². The molecule has 0 aromatic heterocycles. The SMILES string of the molecule is CCC(CC(N=[N+]=[N-])N=[N+]=[N-])N[N+](=O)[O-]. The number of hydrazine groups is 1. The highest BCUT2D eigenvalue weighted by Gasteiger charge is 2.16. The molecule has 1 atom stereocenters. The van der Waals surface area contributed by atoms with Crippen LogP contribution in [0.25, 0.3) is 20.9 Å². The fraction of sp³-hybridized carbons (Fsp3) is 1.00. The van der Waals surface area contributed by atoms with Crippen LogP contribution in [0.1, 0.15) is 19.8 Å². The summed E-state index contributed by atoms with van der Waals surface area (Å²) in [5, 5.41) is 15.9. The standard InChI is InChI=1S/C5H10N8O2/c1-2-4(10-13(14)15)3-5(8-11-6)9-12-7/h4-5,10H,2-3H2,1H3. The highest BCUT2D eigenvalue weighted by atomic mass is 16.7. The van der Waals surface area contributed by atoms with Gasteiger partial charge in [-0.2, -0.15) is 0 Å². The summed E-state index contributed by atoms with van der Waals surface area (Å²) in [7, 11) is 0. The molecule has 0 aliphatic carbocycles. The van der Waals surface area contributed by atoms with Crippen LogP contribution >= 0.6 is 0 Å². The van der Waals surface area contributed by atoms with Crippen molar-refractivity contribution in [3.63, 3.8) is 0 Å². The maximum atomic E-state index is 10.2. The molecule has 0 amide bonds. The molecule has 0 rings (SSSR count). The van der Waals surface area contributed by atoms with Crippen molar-refractivity contribution in [2.24, 2.45) is 10.2 Å². The Kier molecular flexibility index (Phi) is 6.19. The van der Waals surface area contributed by atoms with Crippen LogP contribution in [-0.2, 0) is 0 Å². The van der Waals surface area contributed by atoms with Crippen LogP contribution in [0.4, 0.5) is 0 Å². The Morgan fingerprint density at radius 1 is 1.47 bits per heavy atom. The Balaban J connectivity index is 4.39. The number of hydrogen-bond donors (Lipinski definition) is 1. The quantitative estimate of drug-likeness (QED) is 0.226. The molecule has 0 spiro atoms. The molecule has 0 saturated carbocycles. The first-order valence-corrected chi connectivity index (χ1v) is 4.13. The molecule has 0 bridgehead atoms. The van der Waals surface area contributed by atoms with E-state index in [9.17, 15) is 10.1 Å². The number of azide groups is 1. The number of rotatable bonds is 7. The van der Waals surface area contributed by atoms with Crippen molar-refractivity contribution < 1.29 is 5.03 Å². The van der Waals surface area contributed by atoms with E-state index in [2.05, 4.69) is 20.1 Å². The van der Waals surface area contributed by atoms with Gasteiger partial charge in [-0.05, 0) is 23.9 Å². The van der Waals surface area contributed by atoms with Crippen molar-refractivity contribution in [1.82, 2.24) is 5.43 Å². The molecule has 1 unspecified atom stereocenters. The second kappa shape index (κ2) is 7.25. The van der Waals surface area contributed by atoms with Crippen molar-refractivity contribution in [2.45, 2.75) is 32.0 Å². The lowest BCUT2D eigenvalue weighted by Gasteiger charge is -2.12. The van der Waals surface area contributed by atoms with E-state index in [4.69, 9.17) is 11.1 Å². The molecule has 10 nitrogen and oxygen atoms in total. The van der Waals surface area contributed by atoms with E-state index in [-0.39, 0.29) is 6.42 Å². The van der Waals surface area contributed by atoms with E-state index < -0.39 is 17.2 Å². The zero-order valence-electron chi connectivity index (χ0n) is 8.02. The number of nitro groups is 1. The molecule has 0 fully saturated rings. The highest BCUT2D eigenvalue weighted by Crippen LogP contribution is 2.08. The van der Waals surface area contributed by atoms with E-state index in [0.717, 1.165) is 0 Å². The van der Waals surface area contributed by atoms with Crippen molar-refractivity contribution in [2.75, 3.05) is 0 Å². The Morgan fingerprint density at radius 3 is 2.33 bits per heavy atom. The molecular formula is C5H10N8O2. The van der Waals surface area contributed by atoms with E-state index in [1.54, 1.807) is 6.92 Å². The van der Waals surface area contributed by atoms with Gasteiger partial charge in [0.2, 0.25) is 0 Å². The van der Waals surface area contributed by atoms with Gasteiger partial charge < -0.3 is 0 Å². The second-order valence-corrected chi connectivity index (χ2v) is 2.62. The van der Waals surface area contributed by atoms with E-state index in [1.165, 1.54) is 0 Å². The molecule has 0 aromatic carbocycles. The maximum absolute atomic E-state index is 10.2. The van der Waals surface area contributed by atoms with Gasteiger partial charge in [-0.3, -0.25) is 0 Å². The maximum Gasteiger partial charge on any atom is 0.157 e. The molecule has 0 radical (unpaired) electrons. The third-order valence-electron chi connectivity index (χ3n) is 1.65. The summed E-state index contributed by atoms with van der Waals surface area (Å²) in [6.45, 7) is 1.73. The minimum atomic E-state index is -0.947. The first-order chi connectivity index (χ1) is 7.13. The fourth-order valence-electron chi connectivity index (χ4n) is 0.951. The molecule has 1 N–H and O–H groups in total. The average Bonchev–Trinajstić information content (AvgIpc) is 2.16. The van der Waals surface area contributed by atoms with Gasteiger partial charge in [0.25, 0.3) is 0 Å². The Hall–Kier alpha value is -2.18.